The van der Waals surface area contributed by atoms with Gasteiger partial charge in [-0.25, -0.2) is 9.18 Å². The molecule has 2 amide bonds. The van der Waals surface area contributed by atoms with Crippen LogP contribution in [-0.2, 0) is 5.41 Å². The smallest absolute Gasteiger partial charge is 0.317 e. The number of nitrogens with zero attached hydrogens (tertiary/aromatic N) is 1. The standard InChI is InChI=1S/C16H22ClFN2O2/c1-16(2,13-6-5-11(18)8-14(13)17)10-19-15(22)20-7-3-4-12(21)9-20/h5-6,8,12,21H,3-4,7,9-10H2,1-2H3,(H,19,22). The number of halogens is 2. The number of nitrogens with one attached hydrogen (secondary N) is 1. The van der Waals surface area contributed by atoms with E-state index < -0.39 is 11.5 Å². The lowest BCUT2D eigenvalue weighted by Gasteiger charge is -2.32. The molecule has 1 aliphatic rings. The molecule has 0 saturated carbocycles. The number of aliphatic hydroxyl groups excluding tert-OH is 1. The van der Waals surface area contributed by atoms with E-state index in [0.717, 1.165) is 18.4 Å². The fraction of sp³-hybridized carbons (Fsp3) is 0.562. The highest BCUT2D eigenvalue weighted by atomic mass is 35.5. The minimum Gasteiger partial charge on any atom is -0.391 e. The molecule has 1 saturated heterocycles. The number of piperidine rings is 1. The number of hydrogen-bond acceptors (Lipinski definition) is 2. The van der Waals surface area contributed by atoms with Gasteiger partial charge < -0.3 is 15.3 Å². The molecular weight excluding hydrogens is 307 g/mol. The van der Waals surface area contributed by atoms with Gasteiger partial charge in [0.05, 0.1) is 6.10 Å². The van der Waals surface area contributed by atoms with Gasteiger partial charge in [0.2, 0.25) is 0 Å². The molecule has 1 aromatic rings. The Labute approximate surface area is 135 Å². The summed E-state index contributed by atoms with van der Waals surface area (Å²) in [5.74, 6) is -0.379. The van der Waals surface area contributed by atoms with Crippen LogP contribution in [-0.4, -0.2) is 41.8 Å². The van der Waals surface area contributed by atoms with Crippen molar-refractivity contribution in [2.45, 2.75) is 38.2 Å². The minimum atomic E-state index is -0.445. The number of carbonyl (C=O) groups excluding carboxylic acids is 1. The zero-order valence-corrected chi connectivity index (χ0v) is 13.7. The number of carbonyl (C=O) groups is 1. The van der Waals surface area contributed by atoms with Gasteiger partial charge in [-0.2, -0.15) is 0 Å². The van der Waals surface area contributed by atoms with Crippen LogP contribution in [0.4, 0.5) is 9.18 Å². The van der Waals surface area contributed by atoms with Gasteiger partial charge in [0.25, 0.3) is 0 Å². The summed E-state index contributed by atoms with van der Waals surface area (Å²) in [7, 11) is 0. The molecule has 4 nitrogen and oxygen atoms in total. The van der Waals surface area contributed by atoms with Gasteiger partial charge >= 0.3 is 6.03 Å². The zero-order chi connectivity index (χ0) is 16.3. The van der Waals surface area contributed by atoms with Crippen LogP contribution in [0.2, 0.25) is 5.02 Å². The van der Waals surface area contributed by atoms with E-state index in [1.807, 2.05) is 13.8 Å². The fourth-order valence-corrected chi connectivity index (χ4v) is 3.10. The van der Waals surface area contributed by atoms with Gasteiger partial charge in [-0.15, -0.1) is 0 Å². The fourth-order valence-electron chi connectivity index (χ4n) is 2.68. The summed E-state index contributed by atoms with van der Waals surface area (Å²) in [5.41, 5.74) is 0.365. The molecule has 0 spiro atoms. The summed E-state index contributed by atoms with van der Waals surface area (Å²) in [4.78, 5) is 13.8. The van der Waals surface area contributed by atoms with E-state index in [4.69, 9.17) is 11.6 Å². The Morgan fingerprint density at radius 3 is 2.91 bits per heavy atom. The Balaban J connectivity index is 1.98. The van der Waals surface area contributed by atoms with E-state index in [1.165, 1.54) is 12.1 Å². The summed E-state index contributed by atoms with van der Waals surface area (Å²) in [6.07, 6.45) is 1.10. The Hall–Kier alpha value is -1.33. The van der Waals surface area contributed by atoms with Gasteiger partial charge in [-0.05, 0) is 30.5 Å². The SMILES string of the molecule is CC(C)(CNC(=O)N1CCCC(O)C1)c1ccc(F)cc1Cl. The molecular formula is C16H22ClFN2O2. The molecule has 0 bridgehead atoms. The molecule has 1 aromatic carbocycles. The molecule has 0 aliphatic carbocycles. The molecule has 2 rings (SSSR count). The lowest BCUT2D eigenvalue weighted by atomic mass is 9.84. The summed E-state index contributed by atoms with van der Waals surface area (Å²) in [6, 6.07) is 4.10. The maximum absolute atomic E-state index is 13.1. The summed E-state index contributed by atoms with van der Waals surface area (Å²) >= 11 is 6.10. The van der Waals surface area contributed by atoms with Crippen molar-refractivity contribution in [2.75, 3.05) is 19.6 Å². The first kappa shape index (κ1) is 17.0. The molecule has 1 aliphatic heterocycles. The molecule has 2 N–H and O–H groups in total. The van der Waals surface area contributed by atoms with Crippen LogP contribution in [0.15, 0.2) is 18.2 Å². The first-order valence-corrected chi connectivity index (χ1v) is 7.84. The monoisotopic (exact) mass is 328 g/mol. The van der Waals surface area contributed by atoms with Crippen molar-refractivity contribution >= 4 is 17.6 Å². The van der Waals surface area contributed by atoms with E-state index in [2.05, 4.69) is 5.32 Å². The van der Waals surface area contributed by atoms with E-state index in [1.54, 1.807) is 11.0 Å². The third kappa shape index (κ3) is 4.11. The minimum absolute atomic E-state index is 0.190. The van der Waals surface area contributed by atoms with Crippen LogP contribution in [0.5, 0.6) is 0 Å². The maximum atomic E-state index is 13.1. The Kier molecular flexibility index (Phi) is 5.29. The van der Waals surface area contributed by atoms with Crippen molar-refractivity contribution in [1.82, 2.24) is 10.2 Å². The quantitative estimate of drug-likeness (QED) is 0.896. The number of urea groups is 1. The largest absolute Gasteiger partial charge is 0.391 e. The predicted molar refractivity (Wildman–Crippen MR) is 84.6 cm³/mol. The van der Waals surface area contributed by atoms with Crippen LogP contribution in [0.3, 0.4) is 0 Å². The number of aliphatic hydroxyl groups is 1. The lowest BCUT2D eigenvalue weighted by molar-refractivity contribution is 0.0839. The Bertz CT molecular complexity index is 551. The molecule has 122 valence electrons. The molecule has 1 unspecified atom stereocenters. The predicted octanol–water partition coefficient (Wildman–Crippen LogP) is 2.92. The highest BCUT2D eigenvalue weighted by Gasteiger charge is 2.27. The molecule has 1 atom stereocenters. The van der Waals surface area contributed by atoms with Crippen molar-refractivity contribution in [3.05, 3.63) is 34.6 Å². The topological polar surface area (TPSA) is 52.6 Å². The van der Waals surface area contributed by atoms with Gasteiger partial charge in [0.1, 0.15) is 5.82 Å². The number of hydrogen-bond donors (Lipinski definition) is 2. The third-order valence-electron chi connectivity index (χ3n) is 4.03. The molecule has 0 aromatic heterocycles. The van der Waals surface area contributed by atoms with Gasteiger partial charge in [0.15, 0.2) is 0 Å². The van der Waals surface area contributed by atoms with Crippen LogP contribution in [0.1, 0.15) is 32.3 Å². The highest BCUT2D eigenvalue weighted by Crippen LogP contribution is 2.30. The van der Waals surface area contributed by atoms with Crippen molar-refractivity contribution in [2.24, 2.45) is 0 Å². The highest BCUT2D eigenvalue weighted by molar-refractivity contribution is 6.31. The second-order valence-corrected chi connectivity index (χ2v) is 6.82. The van der Waals surface area contributed by atoms with E-state index in [9.17, 15) is 14.3 Å². The van der Waals surface area contributed by atoms with E-state index in [0.29, 0.717) is 24.7 Å². The summed E-state index contributed by atoms with van der Waals surface area (Å²) < 4.78 is 13.1. The average Bonchev–Trinajstić information content (AvgIpc) is 2.44. The number of amides is 2. The number of likely N-dealkylation sites (tertiary alicyclic amines) is 1. The summed E-state index contributed by atoms with van der Waals surface area (Å²) in [5, 5.41) is 12.9. The molecule has 0 radical (unpaired) electrons. The van der Waals surface area contributed by atoms with Crippen molar-refractivity contribution in [3.8, 4) is 0 Å². The Morgan fingerprint density at radius 1 is 1.55 bits per heavy atom. The van der Waals surface area contributed by atoms with E-state index >= 15 is 0 Å². The van der Waals surface area contributed by atoms with Crippen LogP contribution < -0.4 is 5.32 Å². The zero-order valence-electron chi connectivity index (χ0n) is 12.9. The second kappa shape index (κ2) is 6.84. The van der Waals surface area contributed by atoms with Crippen molar-refractivity contribution < 1.29 is 14.3 Å². The van der Waals surface area contributed by atoms with Crippen LogP contribution in [0.25, 0.3) is 0 Å². The number of β-amino-alcohol motifs (C(OH)–C–C–N with tert-alkyl or cyclic N) is 1. The normalized spacial score (nSPS) is 19.1. The summed E-state index contributed by atoms with van der Waals surface area (Å²) in [6.45, 7) is 5.28. The van der Waals surface area contributed by atoms with Gasteiger partial charge in [-0.1, -0.05) is 31.5 Å². The molecule has 6 heteroatoms. The Morgan fingerprint density at radius 2 is 2.27 bits per heavy atom. The van der Waals surface area contributed by atoms with Crippen molar-refractivity contribution in [3.63, 3.8) is 0 Å². The third-order valence-corrected chi connectivity index (χ3v) is 4.34. The number of rotatable bonds is 3. The average molecular weight is 329 g/mol. The molecule has 1 fully saturated rings. The number of benzene rings is 1. The lowest BCUT2D eigenvalue weighted by Crippen LogP contribution is -2.49. The molecule has 22 heavy (non-hydrogen) atoms. The second-order valence-electron chi connectivity index (χ2n) is 6.41. The van der Waals surface area contributed by atoms with E-state index in [-0.39, 0.29) is 11.8 Å². The maximum Gasteiger partial charge on any atom is 0.317 e. The first-order valence-electron chi connectivity index (χ1n) is 7.46. The van der Waals surface area contributed by atoms with Crippen LogP contribution in [0, 0.1) is 5.82 Å². The first-order chi connectivity index (χ1) is 10.3. The van der Waals surface area contributed by atoms with Crippen molar-refractivity contribution in [1.29, 1.82) is 0 Å². The molecule has 1 heterocycles. The van der Waals surface area contributed by atoms with Gasteiger partial charge in [0, 0.05) is 30.1 Å². The van der Waals surface area contributed by atoms with Gasteiger partial charge in [-0.3, -0.25) is 0 Å². The van der Waals surface area contributed by atoms with Crippen LogP contribution >= 0.6 is 11.6 Å².